The summed E-state index contributed by atoms with van der Waals surface area (Å²) in [6.45, 7) is 3.24. The molecular formula is C15H13F3N4S. The maximum absolute atomic E-state index is 12.6. The van der Waals surface area contributed by atoms with Crippen LogP contribution >= 0.6 is 11.3 Å². The number of halogens is 3. The highest BCUT2D eigenvalue weighted by atomic mass is 32.1. The van der Waals surface area contributed by atoms with Gasteiger partial charge < -0.3 is 9.47 Å². The Hall–Kier alpha value is -2.09. The lowest BCUT2D eigenvalue weighted by Gasteiger charge is -2.40. The molecule has 1 aliphatic heterocycles. The topological polar surface area (TPSA) is 34.0 Å². The number of para-hydroxylation sites is 2. The van der Waals surface area contributed by atoms with Gasteiger partial charge in [0.1, 0.15) is 5.82 Å². The highest BCUT2D eigenvalue weighted by molar-refractivity contribution is 7.13. The van der Waals surface area contributed by atoms with E-state index in [4.69, 9.17) is 0 Å². The molecule has 0 unspecified atom stereocenters. The van der Waals surface area contributed by atoms with Crippen molar-refractivity contribution in [2.24, 2.45) is 0 Å². The number of aromatic nitrogens is 3. The van der Waals surface area contributed by atoms with Crippen LogP contribution < -0.4 is 4.90 Å². The minimum Gasteiger partial charge on any atom is -0.344 e. The number of imidazole rings is 1. The van der Waals surface area contributed by atoms with Crippen LogP contribution in [0.25, 0.3) is 11.0 Å². The lowest BCUT2D eigenvalue weighted by atomic mass is 10.1. The standard InChI is InChI=1S/C15H13F3N4S/c1-9-19-11-4-2-3-5-12(11)22(9)10-6-21(7-10)14-20-13(8-23-14)15(16,17)18/h2-5,8,10H,6-7H2,1H3. The molecule has 0 N–H and O–H groups in total. The second-order valence-electron chi connectivity index (χ2n) is 5.59. The van der Waals surface area contributed by atoms with Gasteiger partial charge in [0.25, 0.3) is 0 Å². The first-order chi connectivity index (χ1) is 10.9. The van der Waals surface area contributed by atoms with Crippen molar-refractivity contribution in [1.29, 1.82) is 0 Å². The zero-order valence-electron chi connectivity index (χ0n) is 12.2. The molecule has 3 aromatic rings. The predicted molar refractivity (Wildman–Crippen MR) is 82.8 cm³/mol. The quantitative estimate of drug-likeness (QED) is 0.711. The summed E-state index contributed by atoms with van der Waals surface area (Å²) in [5, 5.41) is 1.50. The van der Waals surface area contributed by atoms with Gasteiger partial charge in [-0.05, 0) is 19.1 Å². The van der Waals surface area contributed by atoms with Crippen molar-refractivity contribution in [1.82, 2.24) is 14.5 Å². The van der Waals surface area contributed by atoms with Crippen LogP contribution in [0.15, 0.2) is 29.6 Å². The molecule has 4 nitrogen and oxygen atoms in total. The molecule has 1 saturated heterocycles. The van der Waals surface area contributed by atoms with E-state index < -0.39 is 11.9 Å². The number of hydrogen-bond acceptors (Lipinski definition) is 4. The van der Waals surface area contributed by atoms with Crippen molar-refractivity contribution in [2.75, 3.05) is 18.0 Å². The minimum absolute atomic E-state index is 0.209. The number of aryl methyl sites for hydroxylation is 1. The molecule has 0 bridgehead atoms. The van der Waals surface area contributed by atoms with Gasteiger partial charge in [-0.25, -0.2) is 9.97 Å². The third kappa shape index (κ3) is 2.37. The van der Waals surface area contributed by atoms with E-state index in [9.17, 15) is 13.2 Å². The molecular weight excluding hydrogens is 325 g/mol. The first-order valence-electron chi connectivity index (χ1n) is 7.15. The van der Waals surface area contributed by atoms with Crippen LogP contribution in [0.2, 0.25) is 0 Å². The van der Waals surface area contributed by atoms with Gasteiger partial charge in [0, 0.05) is 18.5 Å². The Kier molecular flexibility index (Phi) is 3.12. The molecule has 0 aliphatic carbocycles. The normalized spacial score (nSPS) is 16.1. The van der Waals surface area contributed by atoms with Gasteiger partial charge in [0.15, 0.2) is 10.8 Å². The lowest BCUT2D eigenvalue weighted by molar-refractivity contribution is -0.140. The fourth-order valence-corrected chi connectivity index (χ4v) is 3.79. The SMILES string of the molecule is Cc1nc2ccccc2n1C1CN(c2nc(C(F)(F)F)cs2)C1. The molecule has 0 saturated carbocycles. The van der Waals surface area contributed by atoms with Crippen molar-refractivity contribution in [3.8, 4) is 0 Å². The van der Waals surface area contributed by atoms with E-state index in [-0.39, 0.29) is 6.04 Å². The molecule has 3 heterocycles. The first-order valence-corrected chi connectivity index (χ1v) is 8.02. The summed E-state index contributed by atoms with van der Waals surface area (Å²) >= 11 is 1.04. The maximum Gasteiger partial charge on any atom is 0.434 e. The largest absolute Gasteiger partial charge is 0.434 e. The summed E-state index contributed by atoms with van der Waals surface area (Å²) < 4.78 is 40.0. The Morgan fingerprint density at radius 3 is 2.61 bits per heavy atom. The van der Waals surface area contributed by atoms with E-state index in [1.165, 1.54) is 0 Å². The summed E-state index contributed by atoms with van der Waals surface area (Å²) in [6.07, 6.45) is -4.38. The van der Waals surface area contributed by atoms with Gasteiger partial charge in [0.2, 0.25) is 0 Å². The van der Waals surface area contributed by atoms with Crippen molar-refractivity contribution in [2.45, 2.75) is 19.1 Å². The number of anilines is 1. The molecule has 1 aromatic carbocycles. The fraction of sp³-hybridized carbons (Fsp3) is 0.333. The smallest absolute Gasteiger partial charge is 0.344 e. The molecule has 0 spiro atoms. The molecule has 120 valence electrons. The van der Waals surface area contributed by atoms with Crippen molar-refractivity contribution in [3.05, 3.63) is 41.2 Å². The van der Waals surface area contributed by atoms with Gasteiger partial charge in [-0.2, -0.15) is 13.2 Å². The van der Waals surface area contributed by atoms with Crippen LogP contribution in [-0.4, -0.2) is 27.6 Å². The van der Waals surface area contributed by atoms with Crippen LogP contribution in [0, 0.1) is 6.92 Å². The number of fused-ring (bicyclic) bond motifs is 1. The summed E-state index contributed by atoms with van der Waals surface area (Å²) in [5.74, 6) is 0.922. The summed E-state index contributed by atoms with van der Waals surface area (Å²) in [4.78, 5) is 10.1. The first kappa shape index (κ1) is 14.5. The van der Waals surface area contributed by atoms with E-state index in [0.717, 1.165) is 33.6 Å². The van der Waals surface area contributed by atoms with Crippen molar-refractivity contribution in [3.63, 3.8) is 0 Å². The molecule has 8 heteroatoms. The Morgan fingerprint density at radius 2 is 1.91 bits per heavy atom. The minimum atomic E-state index is -4.38. The number of alkyl halides is 3. The zero-order chi connectivity index (χ0) is 16.2. The zero-order valence-corrected chi connectivity index (χ0v) is 13.0. The Labute approximate surface area is 134 Å². The van der Waals surface area contributed by atoms with Gasteiger partial charge >= 0.3 is 6.18 Å². The van der Waals surface area contributed by atoms with E-state index in [2.05, 4.69) is 14.5 Å². The second kappa shape index (κ2) is 4.95. The highest BCUT2D eigenvalue weighted by Crippen LogP contribution is 2.37. The van der Waals surface area contributed by atoms with Crippen molar-refractivity contribution < 1.29 is 13.2 Å². The molecule has 1 fully saturated rings. The Morgan fingerprint density at radius 1 is 1.17 bits per heavy atom. The van der Waals surface area contributed by atoms with Crippen LogP contribution in [0.3, 0.4) is 0 Å². The Balaban J connectivity index is 1.55. The summed E-state index contributed by atoms with van der Waals surface area (Å²) in [6, 6.07) is 8.10. The maximum atomic E-state index is 12.6. The third-order valence-corrected chi connectivity index (χ3v) is 4.95. The summed E-state index contributed by atoms with van der Waals surface area (Å²) in [5.41, 5.74) is 1.19. The van der Waals surface area contributed by atoms with Gasteiger partial charge in [-0.3, -0.25) is 0 Å². The second-order valence-corrected chi connectivity index (χ2v) is 6.43. The third-order valence-electron chi connectivity index (χ3n) is 4.05. The molecule has 4 rings (SSSR count). The number of rotatable bonds is 2. The molecule has 0 atom stereocenters. The van der Waals surface area contributed by atoms with E-state index in [1.807, 2.05) is 36.1 Å². The number of hydrogen-bond donors (Lipinski definition) is 0. The monoisotopic (exact) mass is 338 g/mol. The van der Waals surface area contributed by atoms with Gasteiger partial charge in [0.05, 0.1) is 17.1 Å². The predicted octanol–water partition coefficient (Wildman–Crippen LogP) is 3.88. The van der Waals surface area contributed by atoms with Crippen LogP contribution in [-0.2, 0) is 6.18 Å². The van der Waals surface area contributed by atoms with Crippen molar-refractivity contribution >= 4 is 27.5 Å². The van der Waals surface area contributed by atoms with E-state index in [1.54, 1.807) is 0 Å². The molecule has 0 amide bonds. The lowest BCUT2D eigenvalue weighted by Crippen LogP contribution is -2.48. The number of nitrogens with zero attached hydrogens (tertiary/aromatic N) is 4. The van der Waals surface area contributed by atoms with Crippen LogP contribution in [0.1, 0.15) is 17.6 Å². The van der Waals surface area contributed by atoms with Crippen LogP contribution in [0.5, 0.6) is 0 Å². The molecule has 1 aliphatic rings. The van der Waals surface area contributed by atoms with E-state index in [0.29, 0.717) is 18.2 Å². The summed E-state index contributed by atoms with van der Waals surface area (Å²) in [7, 11) is 0. The Bertz CT molecular complexity index is 861. The average Bonchev–Trinajstić information content (AvgIpc) is 3.03. The molecule has 0 radical (unpaired) electrons. The fourth-order valence-electron chi connectivity index (χ4n) is 2.94. The number of benzene rings is 1. The number of thiazole rings is 1. The van der Waals surface area contributed by atoms with Gasteiger partial charge in [-0.1, -0.05) is 12.1 Å². The molecule has 2 aromatic heterocycles. The highest BCUT2D eigenvalue weighted by Gasteiger charge is 2.37. The molecule has 23 heavy (non-hydrogen) atoms. The average molecular weight is 338 g/mol. The van der Waals surface area contributed by atoms with Gasteiger partial charge in [-0.15, -0.1) is 11.3 Å². The van der Waals surface area contributed by atoms with E-state index >= 15 is 0 Å². The van der Waals surface area contributed by atoms with Crippen LogP contribution in [0.4, 0.5) is 18.3 Å².